The van der Waals surface area contributed by atoms with Crippen LogP contribution in [0.4, 0.5) is 4.79 Å². The van der Waals surface area contributed by atoms with E-state index < -0.39 is 6.03 Å². The van der Waals surface area contributed by atoms with Crippen LogP contribution in [0.2, 0.25) is 0 Å². The van der Waals surface area contributed by atoms with Crippen molar-refractivity contribution in [2.45, 2.75) is 0 Å². The molecule has 0 aliphatic heterocycles. The van der Waals surface area contributed by atoms with Gasteiger partial charge in [-0.05, 0) is 14.1 Å². The zero-order chi connectivity index (χ0) is 6.57. The first-order chi connectivity index (χ1) is 3.63. The second kappa shape index (κ2) is 3.26. The van der Waals surface area contributed by atoms with Crippen LogP contribution in [0.5, 0.6) is 0 Å². The van der Waals surface area contributed by atoms with Gasteiger partial charge in [-0.3, -0.25) is 4.90 Å². The summed E-state index contributed by atoms with van der Waals surface area (Å²) in [7, 11) is 3.69. The SMILES string of the molecule is CN(C)CNC(N)=O. The fourth-order valence-corrected chi connectivity index (χ4v) is 0.236. The van der Waals surface area contributed by atoms with Crippen molar-refractivity contribution < 1.29 is 4.79 Å². The van der Waals surface area contributed by atoms with Crippen LogP contribution >= 0.6 is 0 Å². The lowest BCUT2D eigenvalue weighted by Gasteiger charge is -2.07. The number of carbonyl (C=O) groups is 1. The molecule has 0 rings (SSSR count). The lowest BCUT2D eigenvalue weighted by atomic mass is 10.8. The van der Waals surface area contributed by atoms with E-state index >= 15 is 0 Å². The van der Waals surface area contributed by atoms with Crippen molar-refractivity contribution in [3.8, 4) is 0 Å². The molecular weight excluding hydrogens is 106 g/mol. The number of hydrogen-bond acceptors (Lipinski definition) is 2. The van der Waals surface area contributed by atoms with Crippen LogP contribution in [0.25, 0.3) is 0 Å². The Bertz CT molecular complexity index is 81.4. The van der Waals surface area contributed by atoms with E-state index in [0.29, 0.717) is 6.67 Å². The molecule has 2 amide bonds. The third kappa shape index (κ3) is 5.23. The zero-order valence-electron chi connectivity index (χ0n) is 5.14. The Morgan fingerprint density at radius 1 is 1.75 bits per heavy atom. The van der Waals surface area contributed by atoms with Gasteiger partial charge >= 0.3 is 6.03 Å². The highest BCUT2D eigenvalue weighted by Crippen LogP contribution is 1.64. The first-order valence-electron chi connectivity index (χ1n) is 2.31. The van der Waals surface area contributed by atoms with Crippen molar-refractivity contribution in [3.63, 3.8) is 0 Å². The van der Waals surface area contributed by atoms with E-state index in [1.165, 1.54) is 0 Å². The molecule has 0 saturated heterocycles. The molecule has 48 valence electrons. The topological polar surface area (TPSA) is 58.4 Å². The van der Waals surface area contributed by atoms with Crippen LogP contribution in [0, 0.1) is 0 Å². The molecule has 0 radical (unpaired) electrons. The first-order valence-corrected chi connectivity index (χ1v) is 2.31. The zero-order valence-corrected chi connectivity index (χ0v) is 5.14. The molecule has 0 atom stereocenters. The molecule has 0 aliphatic carbocycles. The Hall–Kier alpha value is -0.770. The van der Waals surface area contributed by atoms with E-state index in [0.717, 1.165) is 0 Å². The van der Waals surface area contributed by atoms with Gasteiger partial charge in [-0.15, -0.1) is 0 Å². The summed E-state index contributed by atoms with van der Waals surface area (Å²) in [5, 5.41) is 2.41. The Labute approximate surface area is 48.6 Å². The summed E-state index contributed by atoms with van der Waals surface area (Å²) in [4.78, 5) is 11.8. The highest BCUT2D eigenvalue weighted by molar-refractivity contribution is 5.71. The number of nitrogens with two attached hydrogens (primary N) is 1. The Morgan fingerprint density at radius 3 is 2.38 bits per heavy atom. The number of nitrogens with zero attached hydrogens (tertiary/aromatic N) is 1. The lowest BCUT2D eigenvalue weighted by Crippen LogP contribution is -2.36. The average molecular weight is 117 g/mol. The molecule has 0 aliphatic rings. The van der Waals surface area contributed by atoms with Gasteiger partial charge in [-0.1, -0.05) is 0 Å². The highest BCUT2D eigenvalue weighted by atomic mass is 16.2. The fourth-order valence-electron chi connectivity index (χ4n) is 0.236. The first kappa shape index (κ1) is 7.23. The van der Waals surface area contributed by atoms with Gasteiger partial charge in [0.05, 0.1) is 6.67 Å². The minimum atomic E-state index is -0.487. The summed E-state index contributed by atoms with van der Waals surface area (Å²) in [5.74, 6) is 0. The number of rotatable bonds is 2. The van der Waals surface area contributed by atoms with E-state index in [1.54, 1.807) is 0 Å². The molecule has 0 fully saturated rings. The van der Waals surface area contributed by atoms with E-state index in [9.17, 15) is 4.79 Å². The lowest BCUT2D eigenvalue weighted by molar-refractivity contribution is 0.242. The molecular formula is C4H11N3O. The Morgan fingerprint density at radius 2 is 2.25 bits per heavy atom. The van der Waals surface area contributed by atoms with Gasteiger partial charge in [0.25, 0.3) is 0 Å². The Balaban J connectivity index is 3.05. The molecule has 3 N–H and O–H groups in total. The van der Waals surface area contributed by atoms with Gasteiger partial charge in [0, 0.05) is 0 Å². The minimum Gasteiger partial charge on any atom is -0.352 e. The second-order valence-corrected chi connectivity index (χ2v) is 1.78. The fraction of sp³-hybridized carbons (Fsp3) is 0.750. The number of amides is 2. The largest absolute Gasteiger partial charge is 0.352 e. The van der Waals surface area contributed by atoms with Crippen LogP contribution in [-0.2, 0) is 0 Å². The molecule has 0 aromatic carbocycles. The van der Waals surface area contributed by atoms with Crippen molar-refractivity contribution in [1.82, 2.24) is 10.2 Å². The predicted molar refractivity (Wildman–Crippen MR) is 31.3 cm³/mol. The van der Waals surface area contributed by atoms with Crippen molar-refractivity contribution in [2.24, 2.45) is 5.73 Å². The molecule has 8 heavy (non-hydrogen) atoms. The summed E-state index contributed by atoms with van der Waals surface area (Å²) in [6.07, 6.45) is 0. The number of hydrogen-bond donors (Lipinski definition) is 2. The van der Waals surface area contributed by atoms with Gasteiger partial charge in [-0.25, -0.2) is 4.79 Å². The summed E-state index contributed by atoms with van der Waals surface area (Å²) < 4.78 is 0. The van der Waals surface area contributed by atoms with Crippen LogP contribution in [0.1, 0.15) is 0 Å². The Kier molecular flexibility index (Phi) is 2.95. The highest BCUT2D eigenvalue weighted by Gasteiger charge is 1.89. The molecule has 0 bridgehead atoms. The summed E-state index contributed by atoms with van der Waals surface area (Å²) in [6.45, 7) is 0.495. The van der Waals surface area contributed by atoms with Gasteiger partial charge < -0.3 is 11.1 Å². The maximum absolute atomic E-state index is 9.99. The van der Waals surface area contributed by atoms with Crippen molar-refractivity contribution in [3.05, 3.63) is 0 Å². The summed E-state index contributed by atoms with van der Waals surface area (Å²) in [5.41, 5.74) is 4.76. The van der Waals surface area contributed by atoms with Gasteiger partial charge in [0.2, 0.25) is 0 Å². The van der Waals surface area contributed by atoms with E-state index in [4.69, 9.17) is 5.73 Å². The summed E-state index contributed by atoms with van der Waals surface area (Å²) in [6, 6.07) is -0.487. The molecule has 0 spiro atoms. The van der Waals surface area contributed by atoms with Gasteiger partial charge in [0.1, 0.15) is 0 Å². The molecule has 4 nitrogen and oxygen atoms in total. The molecule has 0 aromatic heterocycles. The van der Waals surface area contributed by atoms with E-state index in [1.807, 2.05) is 19.0 Å². The molecule has 0 saturated carbocycles. The standard InChI is InChI=1S/C4H11N3O/c1-7(2)3-6-4(5)8/h3H2,1-2H3,(H3,5,6,8). The monoisotopic (exact) mass is 117 g/mol. The predicted octanol–water partition coefficient (Wildman–Crippen LogP) is -0.826. The number of nitrogens with one attached hydrogen (secondary N) is 1. The quantitative estimate of drug-likeness (QED) is 0.464. The van der Waals surface area contributed by atoms with Crippen LogP contribution in [-0.4, -0.2) is 31.7 Å². The maximum atomic E-state index is 9.99. The second-order valence-electron chi connectivity index (χ2n) is 1.78. The molecule has 0 heterocycles. The molecule has 0 aromatic rings. The molecule has 4 heteroatoms. The van der Waals surface area contributed by atoms with Crippen molar-refractivity contribution in [1.29, 1.82) is 0 Å². The van der Waals surface area contributed by atoms with Gasteiger partial charge in [-0.2, -0.15) is 0 Å². The van der Waals surface area contributed by atoms with Crippen LogP contribution < -0.4 is 11.1 Å². The van der Waals surface area contributed by atoms with Crippen LogP contribution in [0.15, 0.2) is 0 Å². The van der Waals surface area contributed by atoms with E-state index in [-0.39, 0.29) is 0 Å². The maximum Gasteiger partial charge on any atom is 0.313 e. The van der Waals surface area contributed by atoms with Gasteiger partial charge in [0.15, 0.2) is 0 Å². The smallest absolute Gasteiger partial charge is 0.313 e. The molecule has 0 unspecified atom stereocenters. The number of primary amides is 1. The minimum absolute atomic E-state index is 0.487. The normalized spacial score (nSPS) is 9.38. The average Bonchev–Trinajstić information content (AvgIpc) is 1.61. The van der Waals surface area contributed by atoms with Crippen LogP contribution in [0.3, 0.4) is 0 Å². The third-order valence-corrected chi connectivity index (χ3v) is 0.570. The van der Waals surface area contributed by atoms with Crippen molar-refractivity contribution in [2.75, 3.05) is 20.8 Å². The van der Waals surface area contributed by atoms with E-state index in [2.05, 4.69) is 5.32 Å². The number of carbonyl (C=O) groups excluding carboxylic acids is 1. The van der Waals surface area contributed by atoms with Crippen molar-refractivity contribution >= 4 is 6.03 Å². The third-order valence-electron chi connectivity index (χ3n) is 0.570. The summed E-state index contributed by atoms with van der Waals surface area (Å²) >= 11 is 0. The number of urea groups is 1.